The van der Waals surface area contributed by atoms with Gasteiger partial charge in [-0.15, -0.1) is 0 Å². The van der Waals surface area contributed by atoms with Gasteiger partial charge in [-0.3, -0.25) is 0 Å². The molecule has 0 aromatic rings. The third-order valence-electron chi connectivity index (χ3n) is 2.97. The Bertz CT molecular complexity index is 213. The van der Waals surface area contributed by atoms with Crippen molar-refractivity contribution in [3.05, 3.63) is 12.2 Å². The van der Waals surface area contributed by atoms with Crippen LogP contribution in [-0.4, -0.2) is 24.2 Å². The molecule has 2 unspecified atom stereocenters. The summed E-state index contributed by atoms with van der Waals surface area (Å²) in [6.45, 7) is 3.98. The van der Waals surface area contributed by atoms with Gasteiger partial charge >= 0.3 is 5.97 Å². The summed E-state index contributed by atoms with van der Waals surface area (Å²) in [5.41, 5.74) is 0. The van der Waals surface area contributed by atoms with E-state index in [4.69, 9.17) is 5.11 Å². The molecule has 0 aromatic heterocycles. The fraction of sp³-hybridized carbons (Fsp3) is 0.727. The number of hydrogen-bond donors (Lipinski definition) is 2. The first kappa shape index (κ1) is 11.2. The van der Waals surface area contributed by atoms with Crippen molar-refractivity contribution in [1.29, 1.82) is 0 Å². The molecule has 1 saturated carbocycles. The number of carbonyl (C=O) groups is 1. The number of hydrogen-bond acceptors (Lipinski definition) is 2. The van der Waals surface area contributed by atoms with Gasteiger partial charge in [0.1, 0.15) is 0 Å². The third kappa shape index (κ3) is 3.92. The van der Waals surface area contributed by atoms with E-state index in [1.165, 1.54) is 25.3 Å². The molecular weight excluding hydrogens is 178 g/mol. The van der Waals surface area contributed by atoms with Gasteiger partial charge in [0.05, 0.1) is 0 Å². The van der Waals surface area contributed by atoms with Crippen molar-refractivity contribution in [2.24, 2.45) is 11.8 Å². The van der Waals surface area contributed by atoms with Gasteiger partial charge in [-0.1, -0.05) is 25.8 Å². The SMILES string of the molecule is CC1CCCC1CNC/C=C/C(=O)O. The fourth-order valence-corrected chi connectivity index (χ4v) is 2.04. The predicted octanol–water partition coefficient (Wildman–Crippen LogP) is 1.65. The van der Waals surface area contributed by atoms with Gasteiger partial charge in [0.15, 0.2) is 0 Å². The van der Waals surface area contributed by atoms with Crippen LogP contribution in [0.15, 0.2) is 12.2 Å². The van der Waals surface area contributed by atoms with Gasteiger partial charge in [-0.2, -0.15) is 0 Å². The molecule has 0 spiro atoms. The van der Waals surface area contributed by atoms with E-state index in [1.807, 2.05) is 0 Å². The van der Waals surface area contributed by atoms with Crippen LogP contribution in [0.2, 0.25) is 0 Å². The van der Waals surface area contributed by atoms with Crippen LogP contribution in [0.25, 0.3) is 0 Å². The Kier molecular flexibility index (Phi) is 4.66. The van der Waals surface area contributed by atoms with Gasteiger partial charge in [-0.05, 0) is 24.8 Å². The van der Waals surface area contributed by atoms with E-state index in [1.54, 1.807) is 6.08 Å². The first-order valence-corrected chi connectivity index (χ1v) is 5.30. The minimum atomic E-state index is -0.874. The zero-order valence-electron chi connectivity index (χ0n) is 8.70. The molecule has 80 valence electrons. The highest BCUT2D eigenvalue weighted by molar-refractivity contribution is 5.79. The molecule has 1 aliphatic rings. The summed E-state index contributed by atoms with van der Waals surface area (Å²) in [4.78, 5) is 10.2. The van der Waals surface area contributed by atoms with Crippen molar-refractivity contribution in [1.82, 2.24) is 5.32 Å². The first-order chi connectivity index (χ1) is 6.70. The lowest BCUT2D eigenvalue weighted by molar-refractivity contribution is -0.131. The zero-order valence-corrected chi connectivity index (χ0v) is 8.70. The lowest BCUT2D eigenvalue weighted by Gasteiger charge is -2.14. The summed E-state index contributed by atoms with van der Waals surface area (Å²) >= 11 is 0. The minimum Gasteiger partial charge on any atom is -0.478 e. The standard InChI is InChI=1S/C11H19NO2/c1-9-4-2-5-10(9)8-12-7-3-6-11(13)14/h3,6,9-10,12H,2,4-5,7-8H2,1H3,(H,13,14)/b6-3+. The van der Waals surface area contributed by atoms with Crippen LogP contribution in [-0.2, 0) is 4.79 Å². The summed E-state index contributed by atoms with van der Waals surface area (Å²) in [7, 11) is 0. The molecule has 2 N–H and O–H groups in total. The highest BCUT2D eigenvalue weighted by Crippen LogP contribution is 2.30. The van der Waals surface area contributed by atoms with Gasteiger partial charge < -0.3 is 10.4 Å². The lowest BCUT2D eigenvalue weighted by atomic mass is 9.98. The van der Waals surface area contributed by atoms with E-state index >= 15 is 0 Å². The summed E-state index contributed by atoms with van der Waals surface area (Å²) in [5.74, 6) is 0.736. The molecule has 14 heavy (non-hydrogen) atoms. The van der Waals surface area contributed by atoms with E-state index in [-0.39, 0.29) is 0 Å². The van der Waals surface area contributed by atoms with E-state index in [0.717, 1.165) is 18.4 Å². The maximum absolute atomic E-state index is 10.2. The van der Waals surface area contributed by atoms with Gasteiger partial charge in [0, 0.05) is 12.6 Å². The maximum Gasteiger partial charge on any atom is 0.328 e. The van der Waals surface area contributed by atoms with E-state index < -0.39 is 5.97 Å². The minimum absolute atomic E-state index is 0.662. The lowest BCUT2D eigenvalue weighted by Crippen LogP contribution is -2.24. The summed E-state index contributed by atoms with van der Waals surface area (Å²) < 4.78 is 0. The number of nitrogens with one attached hydrogen (secondary N) is 1. The normalized spacial score (nSPS) is 27.2. The molecule has 0 aliphatic heterocycles. The average molecular weight is 197 g/mol. The van der Waals surface area contributed by atoms with Crippen LogP contribution in [0.5, 0.6) is 0 Å². The molecule has 3 heteroatoms. The van der Waals surface area contributed by atoms with E-state index in [0.29, 0.717) is 6.54 Å². The largest absolute Gasteiger partial charge is 0.478 e. The predicted molar refractivity (Wildman–Crippen MR) is 56.2 cm³/mol. The molecule has 1 aliphatic carbocycles. The Morgan fingerprint density at radius 1 is 1.57 bits per heavy atom. The second kappa shape index (κ2) is 5.81. The van der Waals surface area contributed by atoms with Gasteiger partial charge in [-0.25, -0.2) is 4.79 Å². The number of carboxylic acid groups (broad SMARTS) is 1. The average Bonchev–Trinajstić information content (AvgIpc) is 2.51. The van der Waals surface area contributed by atoms with Crippen molar-refractivity contribution in [2.45, 2.75) is 26.2 Å². The molecular formula is C11H19NO2. The molecule has 0 heterocycles. The second-order valence-corrected chi connectivity index (χ2v) is 4.07. The Balaban J connectivity index is 2.06. The summed E-state index contributed by atoms with van der Waals surface area (Å²) in [5, 5.41) is 11.6. The highest BCUT2D eigenvalue weighted by atomic mass is 16.4. The molecule has 0 bridgehead atoms. The van der Waals surface area contributed by atoms with Crippen LogP contribution >= 0.6 is 0 Å². The van der Waals surface area contributed by atoms with E-state index in [2.05, 4.69) is 12.2 Å². The second-order valence-electron chi connectivity index (χ2n) is 4.07. The zero-order chi connectivity index (χ0) is 10.4. The van der Waals surface area contributed by atoms with Crippen molar-refractivity contribution in [3.63, 3.8) is 0 Å². The van der Waals surface area contributed by atoms with Crippen LogP contribution in [0.3, 0.4) is 0 Å². The molecule has 1 rings (SSSR count). The molecule has 0 amide bonds. The van der Waals surface area contributed by atoms with Crippen LogP contribution < -0.4 is 5.32 Å². The maximum atomic E-state index is 10.2. The topological polar surface area (TPSA) is 49.3 Å². The molecule has 0 saturated heterocycles. The fourth-order valence-electron chi connectivity index (χ4n) is 2.04. The van der Waals surface area contributed by atoms with Gasteiger partial charge in [0.2, 0.25) is 0 Å². The van der Waals surface area contributed by atoms with Crippen LogP contribution in [0.4, 0.5) is 0 Å². The van der Waals surface area contributed by atoms with E-state index in [9.17, 15) is 4.79 Å². The Hall–Kier alpha value is -0.830. The Morgan fingerprint density at radius 2 is 2.36 bits per heavy atom. The third-order valence-corrected chi connectivity index (χ3v) is 2.97. The number of rotatable bonds is 5. The Labute approximate surface area is 85.2 Å². The smallest absolute Gasteiger partial charge is 0.328 e. The van der Waals surface area contributed by atoms with Crippen LogP contribution in [0, 0.1) is 11.8 Å². The van der Waals surface area contributed by atoms with Gasteiger partial charge in [0.25, 0.3) is 0 Å². The molecule has 2 atom stereocenters. The van der Waals surface area contributed by atoms with Crippen molar-refractivity contribution < 1.29 is 9.90 Å². The molecule has 3 nitrogen and oxygen atoms in total. The van der Waals surface area contributed by atoms with Crippen molar-refractivity contribution in [3.8, 4) is 0 Å². The number of aliphatic carboxylic acids is 1. The van der Waals surface area contributed by atoms with Crippen LogP contribution in [0.1, 0.15) is 26.2 Å². The first-order valence-electron chi connectivity index (χ1n) is 5.30. The summed E-state index contributed by atoms with van der Waals surface area (Å²) in [6, 6.07) is 0. The molecule has 0 aromatic carbocycles. The number of carboxylic acids is 1. The Morgan fingerprint density at radius 3 is 2.93 bits per heavy atom. The van der Waals surface area contributed by atoms with Crippen molar-refractivity contribution >= 4 is 5.97 Å². The highest BCUT2D eigenvalue weighted by Gasteiger charge is 2.22. The van der Waals surface area contributed by atoms with Crippen molar-refractivity contribution in [2.75, 3.05) is 13.1 Å². The summed E-state index contributed by atoms with van der Waals surface area (Å²) in [6.07, 6.45) is 6.85. The molecule has 0 radical (unpaired) electrons. The molecule has 1 fully saturated rings. The quantitative estimate of drug-likeness (QED) is 0.520. The monoisotopic (exact) mass is 197 g/mol.